The number of hydrogen-bond acceptors (Lipinski definition) is 9. The first kappa shape index (κ1) is 38.7. The number of sulfone groups is 1. The fraction of sp³-hybridized carbons (Fsp3) is 0.552. The van der Waals surface area contributed by atoms with E-state index in [2.05, 4.69) is 21.3 Å². The van der Waals surface area contributed by atoms with Crippen molar-refractivity contribution in [3.63, 3.8) is 0 Å². The molecule has 1 aromatic rings. The Morgan fingerprint density at radius 1 is 0.756 bits per heavy atom. The zero-order valence-electron chi connectivity index (χ0n) is 25.7. The summed E-state index contributed by atoms with van der Waals surface area (Å²) >= 11 is 0. The molecular weight excluding hydrogens is 612 g/mol. The second-order valence-corrected chi connectivity index (χ2v) is 13.3. The first-order valence-electron chi connectivity index (χ1n) is 14.3. The van der Waals surface area contributed by atoms with E-state index in [0.29, 0.717) is 12.8 Å². The van der Waals surface area contributed by atoms with Gasteiger partial charge in [0, 0.05) is 19.6 Å². The van der Waals surface area contributed by atoms with Crippen molar-refractivity contribution in [3.05, 3.63) is 35.9 Å². The zero-order chi connectivity index (χ0) is 34.3. The maximum absolute atomic E-state index is 13.3. The number of Topliss-reactive ketones (excluding diaryl/α,β-unsaturated/α-hetero) is 1. The lowest BCUT2D eigenvalue weighted by Gasteiger charge is -2.27. The lowest BCUT2D eigenvalue weighted by atomic mass is 9.98. The number of nitrogens with one attached hydrogen (secondary N) is 4. The maximum atomic E-state index is 13.3. The minimum Gasteiger partial charge on any atom is -0.481 e. The second-order valence-electron chi connectivity index (χ2n) is 11.0. The molecule has 1 aromatic carbocycles. The molecule has 6 N–H and O–H groups in total. The summed E-state index contributed by atoms with van der Waals surface area (Å²) < 4.78 is 23.6. The van der Waals surface area contributed by atoms with E-state index in [4.69, 9.17) is 5.11 Å². The number of carbonyl (C=O) groups excluding carboxylic acids is 5. The van der Waals surface area contributed by atoms with Crippen LogP contribution >= 0.6 is 0 Å². The van der Waals surface area contributed by atoms with Gasteiger partial charge < -0.3 is 31.5 Å². The Labute approximate surface area is 261 Å². The third kappa shape index (κ3) is 15.8. The lowest BCUT2D eigenvalue weighted by Crippen LogP contribution is -2.59. The van der Waals surface area contributed by atoms with E-state index in [1.165, 1.54) is 0 Å². The minimum absolute atomic E-state index is 0.0166. The van der Waals surface area contributed by atoms with Crippen LogP contribution in [0.1, 0.15) is 58.4 Å². The predicted molar refractivity (Wildman–Crippen MR) is 161 cm³/mol. The molecule has 0 aromatic heterocycles. The van der Waals surface area contributed by atoms with Gasteiger partial charge in [-0.15, -0.1) is 0 Å². The van der Waals surface area contributed by atoms with Gasteiger partial charge in [0.05, 0.1) is 24.6 Å². The highest BCUT2D eigenvalue weighted by molar-refractivity contribution is 7.90. The van der Waals surface area contributed by atoms with E-state index in [-0.39, 0.29) is 6.42 Å². The quantitative estimate of drug-likeness (QED) is 0.105. The topological polar surface area (TPSA) is 242 Å². The maximum Gasteiger partial charge on any atom is 0.305 e. The van der Waals surface area contributed by atoms with Crippen LogP contribution in [-0.4, -0.2) is 96.2 Å². The van der Waals surface area contributed by atoms with E-state index in [1.807, 2.05) is 30.3 Å². The van der Waals surface area contributed by atoms with E-state index < -0.39 is 106 Å². The van der Waals surface area contributed by atoms with Crippen LogP contribution in [-0.2, 0) is 49.8 Å². The molecule has 0 bridgehead atoms. The van der Waals surface area contributed by atoms with E-state index in [9.17, 15) is 47.1 Å². The molecule has 0 aliphatic carbocycles. The molecule has 0 saturated carbocycles. The molecule has 0 aliphatic rings. The largest absolute Gasteiger partial charge is 0.481 e. The number of carbonyl (C=O) groups is 7. The van der Waals surface area contributed by atoms with Crippen molar-refractivity contribution in [2.75, 3.05) is 12.0 Å². The van der Waals surface area contributed by atoms with Crippen molar-refractivity contribution in [2.24, 2.45) is 5.92 Å². The Hall–Kier alpha value is -4.34. The van der Waals surface area contributed by atoms with E-state index in [0.717, 1.165) is 18.7 Å². The number of amides is 4. The van der Waals surface area contributed by atoms with Gasteiger partial charge in [-0.1, -0.05) is 44.2 Å². The zero-order valence-corrected chi connectivity index (χ0v) is 26.5. The Morgan fingerprint density at radius 3 is 1.80 bits per heavy atom. The Balaban J connectivity index is 3.10. The SMILES string of the molecule is CC(=O)NC(CC(=O)O)C(=O)NC(CCS(C)(=O)=O)C(=O)NC(C(=O)NC(CC(=O)O)C(=O)CCCc1ccccc1)C(C)C. The van der Waals surface area contributed by atoms with Crippen molar-refractivity contribution < 1.29 is 52.2 Å². The molecule has 0 radical (unpaired) electrons. The Morgan fingerprint density at radius 2 is 1.29 bits per heavy atom. The Kier molecular flexibility index (Phi) is 15.9. The average molecular weight is 655 g/mol. The van der Waals surface area contributed by atoms with Crippen LogP contribution in [0.25, 0.3) is 0 Å². The molecule has 0 fully saturated rings. The molecule has 1 rings (SSSR count). The van der Waals surface area contributed by atoms with E-state index in [1.54, 1.807) is 13.8 Å². The Bertz CT molecular complexity index is 1320. The molecule has 16 heteroatoms. The summed E-state index contributed by atoms with van der Waals surface area (Å²) in [5.74, 6) is -8.13. The molecule has 0 aliphatic heterocycles. The van der Waals surface area contributed by atoms with Crippen LogP contribution in [0.2, 0.25) is 0 Å². The van der Waals surface area contributed by atoms with Gasteiger partial charge in [-0.3, -0.25) is 33.6 Å². The number of carboxylic acid groups (broad SMARTS) is 2. The fourth-order valence-corrected chi connectivity index (χ4v) is 4.92. The van der Waals surface area contributed by atoms with Gasteiger partial charge in [0.1, 0.15) is 28.0 Å². The highest BCUT2D eigenvalue weighted by Gasteiger charge is 2.33. The summed E-state index contributed by atoms with van der Waals surface area (Å²) in [6.07, 6.45) is -0.133. The molecule has 0 saturated heterocycles. The third-order valence-corrected chi connectivity index (χ3v) is 7.52. The summed E-state index contributed by atoms with van der Waals surface area (Å²) in [6.45, 7) is 4.16. The molecule has 0 spiro atoms. The lowest BCUT2D eigenvalue weighted by molar-refractivity contribution is -0.142. The van der Waals surface area contributed by atoms with Crippen LogP contribution < -0.4 is 21.3 Å². The van der Waals surface area contributed by atoms with Gasteiger partial charge in [0.2, 0.25) is 23.6 Å². The van der Waals surface area contributed by atoms with Crippen LogP contribution in [0.5, 0.6) is 0 Å². The monoisotopic (exact) mass is 654 g/mol. The summed E-state index contributed by atoms with van der Waals surface area (Å²) in [6, 6.07) is 3.43. The first-order valence-corrected chi connectivity index (χ1v) is 16.3. The van der Waals surface area contributed by atoms with Crippen molar-refractivity contribution in [1.82, 2.24) is 21.3 Å². The molecule has 15 nitrogen and oxygen atoms in total. The average Bonchev–Trinajstić information content (AvgIpc) is 2.91. The van der Waals surface area contributed by atoms with Crippen LogP contribution in [0.4, 0.5) is 0 Å². The first-order chi connectivity index (χ1) is 20.9. The fourth-order valence-electron chi connectivity index (χ4n) is 4.26. The van der Waals surface area contributed by atoms with Crippen molar-refractivity contribution in [1.29, 1.82) is 0 Å². The van der Waals surface area contributed by atoms with Gasteiger partial charge in [-0.2, -0.15) is 0 Å². The van der Waals surface area contributed by atoms with Crippen molar-refractivity contribution >= 4 is 51.2 Å². The number of hydrogen-bond donors (Lipinski definition) is 6. The van der Waals surface area contributed by atoms with Crippen molar-refractivity contribution in [2.45, 2.75) is 83.5 Å². The molecule has 4 unspecified atom stereocenters. The van der Waals surface area contributed by atoms with Crippen LogP contribution in [0.15, 0.2) is 30.3 Å². The number of carboxylic acids is 2. The molecule has 0 heterocycles. The van der Waals surface area contributed by atoms with Gasteiger partial charge in [0.15, 0.2) is 5.78 Å². The highest BCUT2D eigenvalue weighted by Crippen LogP contribution is 2.10. The number of ketones is 1. The molecule has 250 valence electrons. The van der Waals surface area contributed by atoms with Crippen LogP contribution in [0.3, 0.4) is 0 Å². The molecule has 4 atom stereocenters. The smallest absolute Gasteiger partial charge is 0.305 e. The summed E-state index contributed by atoms with van der Waals surface area (Å²) in [4.78, 5) is 86.4. The minimum atomic E-state index is -3.64. The molecule has 45 heavy (non-hydrogen) atoms. The van der Waals surface area contributed by atoms with Gasteiger partial charge in [-0.05, 0) is 30.7 Å². The summed E-state index contributed by atoms with van der Waals surface area (Å²) in [5.41, 5.74) is 0.982. The van der Waals surface area contributed by atoms with Crippen LogP contribution in [0, 0.1) is 5.92 Å². The summed E-state index contributed by atoms with van der Waals surface area (Å²) in [7, 11) is -3.64. The predicted octanol–water partition coefficient (Wildman–Crippen LogP) is -0.422. The van der Waals surface area contributed by atoms with Gasteiger partial charge in [0.25, 0.3) is 0 Å². The number of aliphatic carboxylic acids is 2. The van der Waals surface area contributed by atoms with Crippen molar-refractivity contribution in [3.8, 4) is 0 Å². The van der Waals surface area contributed by atoms with Gasteiger partial charge in [-0.25, -0.2) is 8.42 Å². The third-order valence-electron chi connectivity index (χ3n) is 6.55. The van der Waals surface area contributed by atoms with E-state index >= 15 is 0 Å². The summed E-state index contributed by atoms with van der Waals surface area (Å²) in [5, 5.41) is 27.7. The standard InChI is InChI=1S/C29H42N4O11S/c1-17(2)26(29(42)32-21(15-24(36)37)23(35)12-8-11-19-9-6-5-7-10-19)33-27(40)20(13-14-45(4,43)44)31-28(41)22(16-25(38)39)30-18(3)34/h5-7,9-10,17,20-22,26H,8,11-16H2,1-4H3,(H,30,34)(H,31,41)(H,32,42)(H,33,40)(H,36,37)(H,38,39). The highest BCUT2D eigenvalue weighted by atomic mass is 32.2. The van der Waals surface area contributed by atoms with Gasteiger partial charge >= 0.3 is 11.9 Å². The molecular formula is C29H42N4O11S. The molecule has 4 amide bonds. The number of benzene rings is 1. The second kappa shape index (κ2) is 18.5. The normalized spacial score (nSPS) is 13.9. The number of aryl methyl sites for hydroxylation is 1. The number of rotatable bonds is 20.